The van der Waals surface area contributed by atoms with Crippen molar-refractivity contribution < 1.29 is 19.0 Å². The Bertz CT molecular complexity index is 608. The monoisotopic (exact) mass is 348 g/mol. The van der Waals surface area contributed by atoms with Crippen LogP contribution < -0.4 is 14.8 Å². The normalized spacial score (nSPS) is 16.0. The third kappa shape index (κ3) is 5.53. The molecule has 0 spiro atoms. The number of rotatable bonds is 7. The Kier molecular flexibility index (Phi) is 5.37. The average molecular weight is 348 g/mol. The molecule has 6 heteroatoms. The number of carbonyl (C=O) groups excluding carboxylic acids is 1. The highest BCUT2D eigenvalue weighted by Gasteiger charge is 2.24. The van der Waals surface area contributed by atoms with Gasteiger partial charge >= 0.3 is 6.09 Å². The number of carbonyl (C=O) groups is 1. The molecular formula is C19H28N2O4. The van der Waals surface area contributed by atoms with E-state index < -0.39 is 5.60 Å². The van der Waals surface area contributed by atoms with E-state index >= 15 is 0 Å². The van der Waals surface area contributed by atoms with Crippen LogP contribution in [0.25, 0.3) is 0 Å². The van der Waals surface area contributed by atoms with Crippen LogP contribution in [0.15, 0.2) is 18.2 Å². The summed E-state index contributed by atoms with van der Waals surface area (Å²) in [5, 5.41) is 3.48. The standard InChI is InChI=1S/C19H28N2O4/c1-19(2,3)25-18(22)21(10-4-9-20-15-6-7-15)12-14-5-8-16-17(11-14)24-13-23-16/h5,8,11,15,20H,4,6-7,9-10,12-13H2,1-3H3. The molecule has 1 saturated carbocycles. The Hall–Kier alpha value is -1.95. The molecule has 0 saturated heterocycles. The van der Waals surface area contributed by atoms with Gasteiger partial charge in [0.15, 0.2) is 11.5 Å². The molecule has 3 rings (SSSR count). The summed E-state index contributed by atoms with van der Waals surface area (Å²) in [7, 11) is 0. The lowest BCUT2D eigenvalue weighted by Gasteiger charge is -2.27. The van der Waals surface area contributed by atoms with Crippen LogP contribution in [0.1, 0.15) is 45.6 Å². The number of nitrogens with zero attached hydrogens (tertiary/aromatic N) is 1. The fourth-order valence-electron chi connectivity index (χ4n) is 2.68. The van der Waals surface area contributed by atoms with Gasteiger partial charge in [-0.05, 0) is 64.3 Å². The lowest BCUT2D eigenvalue weighted by Crippen LogP contribution is -2.38. The summed E-state index contributed by atoms with van der Waals surface area (Å²) in [4.78, 5) is 14.3. The third-order valence-corrected chi connectivity index (χ3v) is 4.08. The lowest BCUT2D eigenvalue weighted by atomic mass is 10.2. The molecular weight excluding hydrogens is 320 g/mol. The van der Waals surface area contributed by atoms with Crippen LogP contribution in [0.3, 0.4) is 0 Å². The van der Waals surface area contributed by atoms with E-state index in [-0.39, 0.29) is 12.9 Å². The maximum atomic E-state index is 12.6. The first-order chi connectivity index (χ1) is 11.9. The van der Waals surface area contributed by atoms with Crippen molar-refractivity contribution in [3.05, 3.63) is 23.8 Å². The van der Waals surface area contributed by atoms with Crippen molar-refractivity contribution in [3.8, 4) is 11.5 Å². The molecule has 0 atom stereocenters. The van der Waals surface area contributed by atoms with Crippen molar-refractivity contribution in [2.45, 2.75) is 58.2 Å². The quantitative estimate of drug-likeness (QED) is 0.766. The largest absolute Gasteiger partial charge is 0.454 e. The van der Waals surface area contributed by atoms with Gasteiger partial charge in [-0.3, -0.25) is 0 Å². The second-order valence-corrected chi connectivity index (χ2v) is 7.67. The summed E-state index contributed by atoms with van der Waals surface area (Å²) < 4.78 is 16.3. The summed E-state index contributed by atoms with van der Waals surface area (Å²) in [6, 6.07) is 6.47. The summed E-state index contributed by atoms with van der Waals surface area (Å²) >= 11 is 0. The highest BCUT2D eigenvalue weighted by molar-refractivity contribution is 5.68. The Labute approximate surface area is 149 Å². The fraction of sp³-hybridized carbons (Fsp3) is 0.632. The number of fused-ring (bicyclic) bond motifs is 1. The zero-order valence-electron chi connectivity index (χ0n) is 15.3. The number of nitrogens with one attached hydrogen (secondary N) is 1. The Morgan fingerprint density at radius 1 is 1.28 bits per heavy atom. The summed E-state index contributed by atoms with van der Waals surface area (Å²) in [5.74, 6) is 1.48. The molecule has 25 heavy (non-hydrogen) atoms. The third-order valence-electron chi connectivity index (χ3n) is 4.08. The second kappa shape index (κ2) is 7.52. The number of ether oxygens (including phenoxy) is 3. The van der Waals surface area contributed by atoms with Crippen molar-refractivity contribution in [3.63, 3.8) is 0 Å². The predicted molar refractivity (Wildman–Crippen MR) is 94.9 cm³/mol. The van der Waals surface area contributed by atoms with Crippen LogP contribution in [-0.4, -0.2) is 42.5 Å². The molecule has 138 valence electrons. The first-order valence-corrected chi connectivity index (χ1v) is 9.00. The Balaban J connectivity index is 1.60. The van der Waals surface area contributed by atoms with Gasteiger partial charge in [0.2, 0.25) is 6.79 Å². The fourth-order valence-corrected chi connectivity index (χ4v) is 2.68. The van der Waals surface area contributed by atoms with Crippen molar-refractivity contribution in [1.29, 1.82) is 0 Å². The first kappa shape index (κ1) is 17.9. The molecule has 6 nitrogen and oxygen atoms in total. The highest BCUT2D eigenvalue weighted by Crippen LogP contribution is 2.33. The van der Waals surface area contributed by atoms with Gasteiger partial charge in [0.25, 0.3) is 0 Å². The molecule has 1 fully saturated rings. The van der Waals surface area contributed by atoms with Crippen molar-refractivity contribution in [2.75, 3.05) is 19.9 Å². The molecule has 0 radical (unpaired) electrons. The van der Waals surface area contributed by atoms with Gasteiger partial charge in [-0.15, -0.1) is 0 Å². The number of hydrogen-bond donors (Lipinski definition) is 1. The second-order valence-electron chi connectivity index (χ2n) is 7.67. The topological polar surface area (TPSA) is 60.0 Å². The van der Waals surface area contributed by atoms with E-state index in [0.717, 1.165) is 30.0 Å². The minimum atomic E-state index is -0.503. The predicted octanol–water partition coefficient (Wildman–Crippen LogP) is 3.29. The maximum Gasteiger partial charge on any atom is 0.410 e. The van der Waals surface area contributed by atoms with Crippen LogP contribution >= 0.6 is 0 Å². The number of amides is 1. The van der Waals surface area contributed by atoms with E-state index in [9.17, 15) is 4.79 Å². The van der Waals surface area contributed by atoms with E-state index in [1.165, 1.54) is 12.8 Å². The molecule has 1 aromatic carbocycles. The SMILES string of the molecule is CC(C)(C)OC(=O)N(CCCNC1CC1)Cc1ccc2c(c1)OCO2. The van der Waals surface area contributed by atoms with E-state index in [0.29, 0.717) is 19.1 Å². The Morgan fingerprint density at radius 3 is 2.76 bits per heavy atom. The number of hydrogen-bond acceptors (Lipinski definition) is 5. The van der Waals surface area contributed by atoms with Crippen LogP contribution in [0.4, 0.5) is 4.79 Å². The maximum absolute atomic E-state index is 12.6. The Morgan fingerprint density at radius 2 is 2.04 bits per heavy atom. The molecule has 1 aliphatic heterocycles. The molecule has 1 aromatic rings. The van der Waals surface area contributed by atoms with Crippen LogP contribution in [0.5, 0.6) is 11.5 Å². The van der Waals surface area contributed by atoms with Gasteiger partial charge in [-0.1, -0.05) is 6.07 Å². The lowest BCUT2D eigenvalue weighted by molar-refractivity contribution is 0.0231. The summed E-state index contributed by atoms with van der Waals surface area (Å²) in [6.45, 7) is 7.99. The van der Waals surface area contributed by atoms with Crippen LogP contribution in [0.2, 0.25) is 0 Å². The van der Waals surface area contributed by atoms with Gasteiger partial charge in [-0.25, -0.2) is 4.79 Å². The molecule has 1 heterocycles. The molecule has 0 unspecified atom stereocenters. The van der Waals surface area contributed by atoms with Gasteiger partial charge < -0.3 is 24.4 Å². The molecule has 0 aromatic heterocycles. The molecule has 0 bridgehead atoms. The highest BCUT2D eigenvalue weighted by atomic mass is 16.7. The van der Waals surface area contributed by atoms with Gasteiger partial charge in [0, 0.05) is 19.1 Å². The van der Waals surface area contributed by atoms with E-state index in [4.69, 9.17) is 14.2 Å². The van der Waals surface area contributed by atoms with Gasteiger partial charge in [0.1, 0.15) is 5.60 Å². The van der Waals surface area contributed by atoms with Gasteiger partial charge in [0.05, 0.1) is 0 Å². The average Bonchev–Trinajstić information content (AvgIpc) is 3.24. The molecule has 1 amide bonds. The van der Waals surface area contributed by atoms with Crippen molar-refractivity contribution in [2.24, 2.45) is 0 Å². The number of benzene rings is 1. The van der Waals surface area contributed by atoms with E-state index in [1.807, 2.05) is 39.0 Å². The molecule has 2 aliphatic rings. The first-order valence-electron chi connectivity index (χ1n) is 9.00. The molecule has 1 aliphatic carbocycles. The van der Waals surface area contributed by atoms with Crippen LogP contribution in [0, 0.1) is 0 Å². The smallest absolute Gasteiger partial charge is 0.410 e. The van der Waals surface area contributed by atoms with E-state index in [2.05, 4.69) is 5.32 Å². The van der Waals surface area contributed by atoms with Crippen LogP contribution in [-0.2, 0) is 11.3 Å². The minimum absolute atomic E-state index is 0.251. The zero-order chi connectivity index (χ0) is 17.9. The summed E-state index contributed by atoms with van der Waals surface area (Å²) in [6.07, 6.45) is 3.16. The zero-order valence-corrected chi connectivity index (χ0v) is 15.3. The van der Waals surface area contributed by atoms with Gasteiger partial charge in [-0.2, -0.15) is 0 Å². The molecule has 1 N–H and O–H groups in total. The van der Waals surface area contributed by atoms with Crippen molar-refractivity contribution in [1.82, 2.24) is 10.2 Å². The van der Waals surface area contributed by atoms with Crippen molar-refractivity contribution >= 4 is 6.09 Å². The van der Waals surface area contributed by atoms with E-state index in [1.54, 1.807) is 4.90 Å². The minimum Gasteiger partial charge on any atom is -0.454 e. The summed E-state index contributed by atoms with van der Waals surface area (Å²) in [5.41, 5.74) is 0.501.